The lowest BCUT2D eigenvalue weighted by Crippen LogP contribution is -2.34. The molecule has 2 rings (SSSR count). The van der Waals surface area contributed by atoms with Gasteiger partial charge in [0.25, 0.3) is 0 Å². The number of carbonyl (C=O) groups is 1. The van der Waals surface area contributed by atoms with Crippen LogP contribution in [-0.2, 0) is 21.4 Å². The fourth-order valence-electron chi connectivity index (χ4n) is 2.40. The number of amides is 1. The van der Waals surface area contributed by atoms with Gasteiger partial charge in [-0.05, 0) is 29.8 Å². The third kappa shape index (κ3) is 5.64. The van der Waals surface area contributed by atoms with Crippen LogP contribution in [0, 0.1) is 0 Å². The molecule has 0 saturated heterocycles. The molecule has 0 aliphatic rings. The van der Waals surface area contributed by atoms with E-state index < -0.39 is 10.0 Å². The second-order valence-electron chi connectivity index (χ2n) is 5.66. The van der Waals surface area contributed by atoms with E-state index in [1.165, 1.54) is 11.4 Å². The molecule has 26 heavy (non-hydrogen) atoms. The van der Waals surface area contributed by atoms with E-state index in [-0.39, 0.29) is 18.9 Å². The molecule has 8 heteroatoms. The van der Waals surface area contributed by atoms with E-state index in [0.29, 0.717) is 23.0 Å². The maximum atomic E-state index is 12.1. The standard InChI is InChI=1S/C18H21ClN2O4S/c1-25-17-6-4-3-5-16(17)21(26(2,23)24)12-11-18(22)20-13-14-7-9-15(19)10-8-14/h3-10H,11-13H2,1-2H3,(H,20,22). The Kier molecular flexibility index (Phi) is 6.88. The van der Waals surface area contributed by atoms with E-state index in [1.807, 2.05) is 12.1 Å². The average molecular weight is 397 g/mol. The molecule has 2 aromatic rings. The molecule has 0 bridgehead atoms. The number of anilines is 1. The molecule has 6 nitrogen and oxygen atoms in total. The van der Waals surface area contributed by atoms with Gasteiger partial charge in [-0.1, -0.05) is 35.9 Å². The SMILES string of the molecule is COc1ccccc1N(CCC(=O)NCc1ccc(Cl)cc1)S(C)(=O)=O. The number of methoxy groups -OCH3 is 1. The molecule has 140 valence electrons. The van der Waals surface area contributed by atoms with Crippen LogP contribution >= 0.6 is 11.6 Å². The average Bonchev–Trinajstić information content (AvgIpc) is 2.60. The van der Waals surface area contributed by atoms with E-state index in [0.717, 1.165) is 11.8 Å². The largest absolute Gasteiger partial charge is 0.495 e. The third-order valence-electron chi connectivity index (χ3n) is 3.70. The third-order valence-corrected chi connectivity index (χ3v) is 5.13. The van der Waals surface area contributed by atoms with Gasteiger partial charge in [0.05, 0.1) is 19.1 Å². The molecule has 1 amide bonds. The van der Waals surface area contributed by atoms with Gasteiger partial charge in [0.2, 0.25) is 15.9 Å². The summed E-state index contributed by atoms with van der Waals surface area (Å²) in [5.74, 6) is 0.183. The number of para-hydroxylation sites is 2. The Balaban J connectivity index is 2.01. The molecule has 0 aliphatic heterocycles. The molecule has 1 N–H and O–H groups in total. The molecule has 0 saturated carbocycles. The van der Waals surface area contributed by atoms with Crippen LogP contribution in [0.5, 0.6) is 5.75 Å². The topological polar surface area (TPSA) is 75.7 Å². The summed E-state index contributed by atoms with van der Waals surface area (Å²) in [5.41, 5.74) is 1.32. The van der Waals surface area contributed by atoms with Crippen molar-refractivity contribution in [3.63, 3.8) is 0 Å². The number of hydrogen-bond donors (Lipinski definition) is 1. The van der Waals surface area contributed by atoms with Crippen molar-refractivity contribution in [1.82, 2.24) is 5.32 Å². The van der Waals surface area contributed by atoms with Gasteiger partial charge in [-0.15, -0.1) is 0 Å². The van der Waals surface area contributed by atoms with E-state index in [1.54, 1.807) is 36.4 Å². The summed E-state index contributed by atoms with van der Waals surface area (Å²) in [6.07, 6.45) is 1.13. The zero-order valence-corrected chi connectivity index (χ0v) is 16.2. The number of rotatable bonds is 8. The Morgan fingerprint density at radius 1 is 1.15 bits per heavy atom. The van der Waals surface area contributed by atoms with Crippen molar-refractivity contribution in [2.24, 2.45) is 0 Å². The number of sulfonamides is 1. The van der Waals surface area contributed by atoms with Crippen LogP contribution in [0.25, 0.3) is 0 Å². The summed E-state index contributed by atoms with van der Waals surface area (Å²) in [4.78, 5) is 12.1. The number of carbonyl (C=O) groups excluding carboxylic acids is 1. The molecule has 0 atom stereocenters. The minimum atomic E-state index is -3.56. The quantitative estimate of drug-likeness (QED) is 0.744. The van der Waals surface area contributed by atoms with Gasteiger partial charge >= 0.3 is 0 Å². The van der Waals surface area contributed by atoms with E-state index in [9.17, 15) is 13.2 Å². The highest BCUT2D eigenvalue weighted by Gasteiger charge is 2.21. The molecule has 0 spiro atoms. The Hall–Kier alpha value is -2.25. The molecular formula is C18H21ClN2O4S. The molecule has 0 fully saturated rings. The van der Waals surface area contributed by atoms with Gasteiger partial charge in [-0.3, -0.25) is 9.10 Å². The fourth-order valence-corrected chi connectivity index (χ4v) is 3.45. The Bertz CT molecular complexity index is 854. The molecule has 0 unspecified atom stereocenters. The van der Waals surface area contributed by atoms with Crippen LogP contribution in [0.15, 0.2) is 48.5 Å². The zero-order chi connectivity index (χ0) is 19.2. The first-order valence-electron chi connectivity index (χ1n) is 7.93. The minimum absolute atomic E-state index is 0.0195. The summed E-state index contributed by atoms with van der Waals surface area (Å²) >= 11 is 5.82. The Labute approximate surface area is 158 Å². The number of ether oxygens (including phenoxy) is 1. The van der Waals surface area contributed by atoms with Crippen molar-refractivity contribution in [2.75, 3.05) is 24.2 Å². The maximum Gasteiger partial charge on any atom is 0.232 e. The zero-order valence-electron chi connectivity index (χ0n) is 14.6. The van der Waals surface area contributed by atoms with Crippen LogP contribution in [0.1, 0.15) is 12.0 Å². The predicted octanol–water partition coefficient (Wildman–Crippen LogP) is 2.82. The summed E-state index contributed by atoms with van der Waals surface area (Å²) in [6.45, 7) is 0.370. The second kappa shape index (κ2) is 8.91. The number of nitrogens with one attached hydrogen (secondary N) is 1. The molecule has 0 heterocycles. The van der Waals surface area contributed by atoms with Crippen molar-refractivity contribution >= 4 is 33.2 Å². The maximum absolute atomic E-state index is 12.1. The summed E-state index contributed by atoms with van der Waals surface area (Å²) in [7, 11) is -2.09. The molecule has 2 aromatic carbocycles. The van der Waals surface area contributed by atoms with Gasteiger partial charge in [-0.25, -0.2) is 8.42 Å². The molecule has 0 aliphatic carbocycles. The van der Waals surface area contributed by atoms with Crippen LogP contribution in [0.4, 0.5) is 5.69 Å². The van der Waals surface area contributed by atoms with Crippen LogP contribution < -0.4 is 14.4 Å². The lowest BCUT2D eigenvalue weighted by molar-refractivity contribution is -0.121. The lowest BCUT2D eigenvalue weighted by atomic mass is 10.2. The number of benzene rings is 2. The molecule has 0 radical (unpaired) electrons. The van der Waals surface area contributed by atoms with Gasteiger partial charge in [0.1, 0.15) is 5.75 Å². The summed E-state index contributed by atoms with van der Waals surface area (Å²) < 4.78 is 30.7. The first-order chi connectivity index (χ1) is 12.3. The van der Waals surface area contributed by atoms with E-state index in [4.69, 9.17) is 16.3 Å². The highest BCUT2D eigenvalue weighted by molar-refractivity contribution is 7.92. The van der Waals surface area contributed by atoms with E-state index in [2.05, 4.69) is 5.32 Å². The van der Waals surface area contributed by atoms with Gasteiger partial charge in [0, 0.05) is 24.5 Å². The first kappa shape index (κ1) is 20.1. The van der Waals surface area contributed by atoms with Gasteiger partial charge in [-0.2, -0.15) is 0 Å². The predicted molar refractivity (Wildman–Crippen MR) is 103 cm³/mol. The van der Waals surface area contributed by atoms with E-state index >= 15 is 0 Å². The number of hydrogen-bond acceptors (Lipinski definition) is 4. The van der Waals surface area contributed by atoms with Crippen molar-refractivity contribution in [3.05, 3.63) is 59.1 Å². The number of nitrogens with zero attached hydrogens (tertiary/aromatic N) is 1. The summed E-state index contributed by atoms with van der Waals surface area (Å²) in [5, 5.41) is 3.40. The van der Waals surface area contributed by atoms with Crippen LogP contribution in [0.2, 0.25) is 5.02 Å². The minimum Gasteiger partial charge on any atom is -0.495 e. The summed E-state index contributed by atoms with van der Waals surface area (Å²) in [6, 6.07) is 13.9. The normalized spacial score (nSPS) is 11.0. The highest BCUT2D eigenvalue weighted by atomic mass is 35.5. The van der Waals surface area contributed by atoms with Crippen molar-refractivity contribution in [3.8, 4) is 5.75 Å². The fraction of sp³-hybridized carbons (Fsp3) is 0.278. The van der Waals surface area contributed by atoms with Crippen LogP contribution in [0.3, 0.4) is 0 Å². The van der Waals surface area contributed by atoms with Gasteiger partial charge in [0.15, 0.2) is 0 Å². The van der Waals surface area contributed by atoms with Gasteiger partial charge < -0.3 is 10.1 Å². The van der Waals surface area contributed by atoms with Crippen LogP contribution in [-0.4, -0.2) is 34.2 Å². The monoisotopic (exact) mass is 396 g/mol. The highest BCUT2D eigenvalue weighted by Crippen LogP contribution is 2.29. The smallest absolute Gasteiger partial charge is 0.232 e. The van der Waals surface area contributed by atoms with Crippen molar-refractivity contribution in [2.45, 2.75) is 13.0 Å². The Morgan fingerprint density at radius 3 is 2.42 bits per heavy atom. The lowest BCUT2D eigenvalue weighted by Gasteiger charge is -2.24. The Morgan fingerprint density at radius 2 is 1.81 bits per heavy atom. The molecule has 0 aromatic heterocycles. The second-order valence-corrected chi connectivity index (χ2v) is 8.00. The molecular weight excluding hydrogens is 376 g/mol. The first-order valence-corrected chi connectivity index (χ1v) is 10.2. The van der Waals surface area contributed by atoms with Crippen molar-refractivity contribution in [1.29, 1.82) is 0 Å². The number of halogens is 1. The van der Waals surface area contributed by atoms with Crippen molar-refractivity contribution < 1.29 is 17.9 Å².